The second-order valence-corrected chi connectivity index (χ2v) is 11.4. The summed E-state index contributed by atoms with van der Waals surface area (Å²) in [7, 11) is -4.02. The molecular formula is C20H25BrN2O4S2. The lowest BCUT2D eigenvalue weighted by molar-refractivity contribution is 0.0218. The molecule has 9 heteroatoms. The molecular weight excluding hydrogens is 476 g/mol. The first-order chi connectivity index (χ1) is 13.6. The minimum absolute atomic E-state index is 0.0666. The zero-order valence-corrected chi connectivity index (χ0v) is 19.6. The highest BCUT2D eigenvalue weighted by Gasteiger charge is 2.40. The van der Waals surface area contributed by atoms with E-state index in [1.54, 1.807) is 12.1 Å². The minimum Gasteiger partial charge on any atom is -0.347 e. The largest absolute Gasteiger partial charge is 0.347 e. The van der Waals surface area contributed by atoms with Crippen molar-refractivity contribution in [3.8, 4) is 0 Å². The van der Waals surface area contributed by atoms with E-state index >= 15 is 0 Å². The fourth-order valence-corrected chi connectivity index (χ4v) is 5.68. The normalized spacial score (nSPS) is 25.8. The third kappa shape index (κ3) is 5.67. The molecule has 4 heterocycles. The Hall–Kier alpha value is -1.26. The molecule has 3 aliphatic heterocycles. The number of carbonyl (C=O) groups excluding carboxylic acids is 1. The van der Waals surface area contributed by atoms with Gasteiger partial charge < -0.3 is 5.32 Å². The van der Waals surface area contributed by atoms with Crippen LogP contribution in [0, 0.1) is 12.8 Å². The van der Waals surface area contributed by atoms with Gasteiger partial charge in [0.05, 0.1) is 13.6 Å². The summed E-state index contributed by atoms with van der Waals surface area (Å²) >= 11 is 4.90. The number of benzene rings is 1. The van der Waals surface area contributed by atoms with Crippen LogP contribution >= 0.6 is 27.3 Å². The number of fused-ring (bicyclic) bond motifs is 3. The zero-order chi connectivity index (χ0) is 21.2. The van der Waals surface area contributed by atoms with E-state index in [0.29, 0.717) is 18.0 Å². The van der Waals surface area contributed by atoms with Crippen molar-refractivity contribution in [2.75, 3.05) is 13.1 Å². The van der Waals surface area contributed by atoms with Gasteiger partial charge in [-0.2, -0.15) is 8.42 Å². The number of rotatable bonds is 3. The van der Waals surface area contributed by atoms with Gasteiger partial charge >= 0.3 is 0 Å². The van der Waals surface area contributed by atoms with Crippen molar-refractivity contribution in [1.82, 2.24) is 10.2 Å². The molecule has 0 radical (unpaired) electrons. The molecule has 3 saturated heterocycles. The minimum atomic E-state index is -4.02. The molecule has 5 rings (SSSR count). The molecule has 2 aromatic rings. The Bertz CT molecular complexity index is 949. The number of carbonyl (C=O) groups is 1. The van der Waals surface area contributed by atoms with Crippen LogP contribution in [0.5, 0.6) is 0 Å². The Kier molecular flexibility index (Phi) is 7.16. The predicted octanol–water partition coefficient (Wildman–Crippen LogP) is 3.96. The van der Waals surface area contributed by atoms with E-state index in [0.717, 1.165) is 14.2 Å². The first kappa shape index (κ1) is 22.4. The van der Waals surface area contributed by atoms with E-state index in [-0.39, 0.29) is 10.8 Å². The Morgan fingerprint density at radius 1 is 1.17 bits per heavy atom. The quantitative estimate of drug-likeness (QED) is 0.622. The van der Waals surface area contributed by atoms with Crippen LogP contribution in [0.4, 0.5) is 0 Å². The standard InChI is InChI=1S/C13H17BrN2OS.C7H8O3S/c1-8-12(9-4-6-16(8)7-5-9)15-13(17)10-2-3-11(14)18-10;1-6-2-4-7(5-3-6)11(8,9)10/h2-3,8-9,12H,4-7H2,1H3,(H,15,17);2-5H,1H3,(H,8,9,10). The summed E-state index contributed by atoms with van der Waals surface area (Å²) in [6.45, 7) is 6.47. The molecule has 3 aliphatic rings. The van der Waals surface area contributed by atoms with Gasteiger partial charge in [-0.3, -0.25) is 14.2 Å². The molecule has 3 fully saturated rings. The first-order valence-electron chi connectivity index (χ1n) is 9.49. The van der Waals surface area contributed by atoms with Crippen molar-refractivity contribution >= 4 is 43.3 Å². The summed E-state index contributed by atoms with van der Waals surface area (Å²) in [5, 5.41) is 3.24. The fourth-order valence-electron chi connectivity index (χ4n) is 3.91. The highest BCUT2D eigenvalue weighted by molar-refractivity contribution is 9.11. The van der Waals surface area contributed by atoms with Gasteiger partial charge in [0.15, 0.2) is 0 Å². The van der Waals surface area contributed by atoms with Crippen LogP contribution in [0.1, 0.15) is 35.0 Å². The number of nitrogens with zero attached hydrogens (tertiary/aromatic N) is 1. The number of hydrogen-bond acceptors (Lipinski definition) is 5. The van der Waals surface area contributed by atoms with Gasteiger partial charge in [-0.05, 0) is 85.9 Å². The van der Waals surface area contributed by atoms with E-state index in [9.17, 15) is 13.2 Å². The third-order valence-corrected chi connectivity index (χ3v) is 8.08. The summed E-state index contributed by atoms with van der Waals surface area (Å²) in [6.07, 6.45) is 2.45. The van der Waals surface area contributed by atoms with Gasteiger partial charge in [-0.1, -0.05) is 17.7 Å². The van der Waals surface area contributed by atoms with Gasteiger partial charge in [0.25, 0.3) is 16.0 Å². The summed E-state index contributed by atoms with van der Waals surface area (Å²) in [5.41, 5.74) is 0.956. The van der Waals surface area contributed by atoms with Crippen molar-refractivity contribution in [1.29, 1.82) is 0 Å². The molecule has 6 nitrogen and oxygen atoms in total. The van der Waals surface area contributed by atoms with Crippen LogP contribution < -0.4 is 5.32 Å². The van der Waals surface area contributed by atoms with Crippen LogP contribution in [0.25, 0.3) is 0 Å². The number of hydrogen-bond donors (Lipinski definition) is 2. The maximum atomic E-state index is 12.2. The number of nitrogens with one attached hydrogen (secondary N) is 1. The first-order valence-corrected chi connectivity index (χ1v) is 12.5. The van der Waals surface area contributed by atoms with E-state index in [1.165, 1.54) is 49.4 Å². The predicted molar refractivity (Wildman–Crippen MR) is 118 cm³/mol. The average Bonchev–Trinajstić information content (AvgIpc) is 3.12. The highest BCUT2D eigenvalue weighted by atomic mass is 79.9. The second-order valence-electron chi connectivity index (χ2n) is 7.51. The third-order valence-electron chi connectivity index (χ3n) is 5.59. The van der Waals surface area contributed by atoms with Crippen LogP contribution in [-0.2, 0) is 10.1 Å². The molecule has 2 atom stereocenters. The SMILES string of the molecule is CC1C(NC(=O)c2ccc(Br)s2)C2CCN1CC2.Cc1ccc(S(=O)(=O)O)cc1. The summed E-state index contributed by atoms with van der Waals surface area (Å²) < 4.78 is 30.6. The topological polar surface area (TPSA) is 86.7 Å². The van der Waals surface area contributed by atoms with Crippen molar-refractivity contribution < 1.29 is 17.8 Å². The van der Waals surface area contributed by atoms with Crippen LogP contribution in [0.15, 0.2) is 45.1 Å². The summed E-state index contributed by atoms with van der Waals surface area (Å²) in [6, 6.07) is 10.6. The van der Waals surface area contributed by atoms with Crippen molar-refractivity contribution in [2.24, 2.45) is 5.92 Å². The van der Waals surface area contributed by atoms with Gasteiger partial charge in [0.2, 0.25) is 0 Å². The lowest BCUT2D eigenvalue weighted by Gasteiger charge is -2.49. The van der Waals surface area contributed by atoms with E-state index in [1.807, 2.05) is 19.1 Å². The molecule has 2 unspecified atom stereocenters. The lowest BCUT2D eigenvalue weighted by Crippen LogP contribution is -2.62. The average molecular weight is 501 g/mol. The number of halogens is 1. The lowest BCUT2D eigenvalue weighted by atomic mass is 9.79. The van der Waals surface area contributed by atoms with Gasteiger partial charge in [0, 0.05) is 12.1 Å². The van der Waals surface area contributed by atoms with Crippen LogP contribution in [0.3, 0.4) is 0 Å². The molecule has 0 aliphatic carbocycles. The number of aryl methyl sites for hydroxylation is 1. The Balaban J connectivity index is 0.000000188. The Morgan fingerprint density at radius 2 is 1.79 bits per heavy atom. The summed E-state index contributed by atoms with van der Waals surface area (Å²) in [5.74, 6) is 0.744. The Labute approximate surface area is 184 Å². The summed E-state index contributed by atoms with van der Waals surface area (Å²) in [4.78, 5) is 15.4. The van der Waals surface area contributed by atoms with E-state index in [2.05, 4.69) is 33.1 Å². The molecule has 1 aromatic carbocycles. The van der Waals surface area contributed by atoms with Crippen molar-refractivity contribution in [3.05, 3.63) is 50.6 Å². The molecule has 2 N–H and O–H groups in total. The smallest absolute Gasteiger partial charge is 0.294 e. The van der Waals surface area contributed by atoms with Crippen LogP contribution in [-0.4, -0.2) is 49.0 Å². The molecule has 158 valence electrons. The van der Waals surface area contributed by atoms with Gasteiger partial charge in [-0.25, -0.2) is 0 Å². The molecule has 29 heavy (non-hydrogen) atoms. The number of piperidine rings is 3. The number of amides is 1. The van der Waals surface area contributed by atoms with Crippen LogP contribution in [0.2, 0.25) is 0 Å². The van der Waals surface area contributed by atoms with Gasteiger partial charge in [-0.15, -0.1) is 11.3 Å². The van der Waals surface area contributed by atoms with Gasteiger partial charge in [0.1, 0.15) is 0 Å². The maximum absolute atomic E-state index is 12.2. The molecule has 1 amide bonds. The molecule has 2 bridgehead atoms. The molecule has 0 saturated carbocycles. The maximum Gasteiger partial charge on any atom is 0.294 e. The molecule has 1 aromatic heterocycles. The molecule has 0 spiro atoms. The van der Waals surface area contributed by atoms with Crippen molar-refractivity contribution in [3.63, 3.8) is 0 Å². The number of thiophene rings is 1. The fraction of sp³-hybridized carbons (Fsp3) is 0.450. The zero-order valence-electron chi connectivity index (χ0n) is 16.3. The van der Waals surface area contributed by atoms with E-state index in [4.69, 9.17) is 4.55 Å². The monoisotopic (exact) mass is 500 g/mol. The van der Waals surface area contributed by atoms with Crippen molar-refractivity contribution in [2.45, 2.75) is 43.7 Å². The van der Waals surface area contributed by atoms with E-state index < -0.39 is 10.1 Å². The second kappa shape index (κ2) is 9.26. The Morgan fingerprint density at radius 3 is 2.28 bits per heavy atom. The highest BCUT2D eigenvalue weighted by Crippen LogP contribution is 2.32.